The molecule has 0 radical (unpaired) electrons. The van der Waals surface area contributed by atoms with Crippen molar-refractivity contribution in [3.63, 3.8) is 0 Å². The predicted octanol–water partition coefficient (Wildman–Crippen LogP) is 3.57. The van der Waals surface area contributed by atoms with E-state index in [1.165, 1.54) is 11.0 Å². The first-order valence-corrected chi connectivity index (χ1v) is 10.4. The maximum atomic E-state index is 13.3. The Kier molecular flexibility index (Phi) is 6.14. The summed E-state index contributed by atoms with van der Waals surface area (Å²) >= 11 is 0. The monoisotopic (exact) mass is 448 g/mol. The number of likely N-dealkylation sites (tertiary alicyclic amines) is 1. The van der Waals surface area contributed by atoms with Crippen molar-refractivity contribution in [3.05, 3.63) is 65.2 Å². The Morgan fingerprint density at radius 2 is 1.63 bits per heavy atom. The molecule has 0 spiro atoms. The van der Waals surface area contributed by atoms with Gasteiger partial charge in [0, 0.05) is 24.7 Å². The maximum absolute atomic E-state index is 13.3. The van der Waals surface area contributed by atoms with Gasteiger partial charge in [0.05, 0.1) is 10.5 Å². The van der Waals surface area contributed by atoms with Crippen LogP contribution in [0.1, 0.15) is 28.8 Å². The Bertz CT molecular complexity index is 1050. The third kappa shape index (κ3) is 4.78. The largest absolute Gasteiger partial charge is 0.417 e. The fraction of sp³-hybridized carbons (Fsp3) is 0.316. The van der Waals surface area contributed by atoms with Crippen molar-refractivity contribution in [1.29, 1.82) is 0 Å². The van der Waals surface area contributed by atoms with Gasteiger partial charge in [-0.2, -0.15) is 13.2 Å². The fourth-order valence-electron chi connectivity index (χ4n) is 3.23. The number of nitrogens with zero attached hydrogens (tertiary/aromatic N) is 1. The van der Waals surface area contributed by atoms with Crippen molar-refractivity contribution in [2.24, 2.45) is 0 Å². The van der Waals surface area contributed by atoms with Crippen LogP contribution in [-0.4, -0.2) is 38.4 Å². The number of hydrogen-bond donors (Lipinski definition) is 1. The Morgan fingerprint density at radius 3 is 2.23 bits per heavy atom. The Hall–Kier alpha value is -2.53. The zero-order valence-electron chi connectivity index (χ0n) is 15.4. The van der Waals surface area contributed by atoms with Crippen LogP contribution in [-0.2, 0) is 16.2 Å². The smallest absolute Gasteiger partial charge is 0.339 e. The van der Waals surface area contributed by atoms with Crippen molar-refractivity contribution in [1.82, 2.24) is 9.62 Å². The molecule has 1 fully saturated rings. The van der Waals surface area contributed by atoms with Crippen molar-refractivity contribution < 1.29 is 35.2 Å². The summed E-state index contributed by atoms with van der Waals surface area (Å²) in [6.07, 6.45) is -4.52. The van der Waals surface area contributed by atoms with E-state index in [9.17, 15) is 35.2 Å². The average molecular weight is 448 g/mol. The second-order valence-corrected chi connectivity index (χ2v) is 8.49. The Labute approximate surface area is 169 Å². The number of rotatable bonds is 4. The molecular weight excluding hydrogens is 431 g/mol. The molecule has 162 valence electrons. The number of hydrogen-bond acceptors (Lipinski definition) is 3. The van der Waals surface area contributed by atoms with Crippen LogP contribution in [0.2, 0.25) is 0 Å². The molecule has 5 nitrogen and oxygen atoms in total. The number of piperidine rings is 1. The molecule has 1 amide bonds. The lowest BCUT2D eigenvalue weighted by Crippen LogP contribution is -2.46. The number of carbonyl (C=O) groups is 1. The van der Waals surface area contributed by atoms with Crippen LogP contribution in [0.3, 0.4) is 0 Å². The van der Waals surface area contributed by atoms with Gasteiger partial charge >= 0.3 is 6.18 Å². The third-order valence-corrected chi connectivity index (χ3v) is 6.33. The van der Waals surface area contributed by atoms with E-state index in [4.69, 9.17) is 0 Å². The summed E-state index contributed by atoms with van der Waals surface area (Å²) in [5.74, 6) is -2.79. The van der Waals surface area contributed by atoms with Crippen LogP contribution in [0.5, 0.6) is 0 Å². The molecule has 1 heterocycles. The topological polar surface area (TPSA) is 66.5 Å². The van der Waals surface area contributed by atoms with E-state index in [1.807, 2.05) is 0 Å². The van der Waals surface area contributed by atoms with Crippen LogP contribution in [0.15, 0.2) is 47.4 Å². The highest BCUT2D eigenvalue weighted by Gasteiger charge is 2.37. The van der Waals surface area contributed by atoms with Gasteiger partial charge in [0.25, 0.3) is 5.91 Å². The van der Waals surface area contributed by atoms with E-state index < -0.39 is 50.2 Å². The van der Waals surface area contributed by atoms with Gasteiger partial charge in [0.1, 0.15) is 0 Å². The minimum Gasteiger partial charge on any atom is -0.339 e. The van der Waals surface area contributed by atoms with Gasteiger partial charge in [0.15, 0.2) is 11.6 Å². The molecule has 0 atom stereocenters. The van der Waals surface area contributed by atoms with Crippen LogP contribution in [0, 0.1) is 11.6 Å². The highest BCUT2D eigenvalue weighted by Crippen LogP contribution is 2.34. The first-order valence-electron chi connectivity index (χ1n) is 8.92. The summed E-state index contributed by atoms with van der Waals surface area (Å²) in [4.78, 5) is 12.9. The molecule has 30 heavy (non-hydrogen) atoms. The molecule has 0 aliphatic carbocycles. The second kappa shape index (κ2) is 8.31. The van der Waals surface area contributed by atoms with Crippen molar-refractivity contribution in [2.75, 3.05) is 13.1 Å². The summed E-state index contributed by atoms with van der Waals surface area (Å²) in [7, 11) is -4.44. The number of carbonyl (C=O) groups excluding carboxylic acids is 1. The average Bonchev–Trinajstić information content (AvgIpc) is 2.69. The molecule has 0 saturated carbocycles. The molecular formula is C19H17F5N2O3S. The number of benzene rings is 2. The van der Waals surface area contributed by atoms with Crippen molar-refractivity contribution >= 4 is 15.9 Å². The summed E-state index contributed by atoms with van der Waals surface area (Å²) in [6, 6.07) is 5.96. The third-order valence-electron chi connectivity index (χ3n) is 4.75. The first kappa shape index (κ1) is 22.2. The molecule has 0 bridgehead atoms. The standard InChI is InChI=1S/C19H17F5N2O3S/c20-15-6-5-12(11-16(15)21)18(27)26-9-7-13(8-10-26)25-30(28,29)17-4-2-1-3-14(17)19(22,23)24/h1-6,11,13,25H,7-10H2. The molecule has 1 N–H and O–H groups in total. The molecule has 0 aromatic heterocycles. The Morgan fingerprint density at radius 1 is 1.00 bits per heavy atom. The predicted molar refractivity (Wildman–Crippen MR) is 97.0 cm³/mol. The van der Waals surface area contributed by atoms with Gasteiger partial charge < -0.3 is 4.90 Å². The second-order valence-electron chi connectivity index (χ2n) is 6.81. The van der Waals surface area contributed by atoms with E-state index in [0.29, 0.717) is 6.07 Å². The van der Waals surface area contributed by atoms with Gasteiger partial charge in [-0.05, 0) is 43.2 Å². The zero-order valence-corrected chi connectivity index (χ0v) is 16.2. The zero-order chi connectivity index (χ0) is 22.1. The van der Waals surface area contributed by atoms with E-state index in [2.05, 4.69) is 4.72 Å². The number of amides is 1. The summed E-state index contributed by atoms with van der Waals surface area (Å²) in [5, 5.41) is 0. The van der Waals surface area contributed by atoms with Crippen LogP contribution < -0.4 is 4.72 Å². The molecule has 1 saturated heterocycles. The maximum Gasteiger partial charge on any atom is 0.417 e. The fourth-order valence-corrected chi connectivity index (χ4v) is 4.76. The van der Waals surface area contributed by atoms with Gasteiger partial charge in [-0.3, -0.25) is 4.79 Å². The number of halogens is 5. The van der Waals surface area contributed by atoms with Gasteiger partial charge in [-0.25, -0.2) is 21.9 Å². The first-order chi connectivity index (χ1) is 14.0. The minimum absolute atomic E-state index is 0.0490. The van der Waals surface area contributed by atoms with Crippen molar-refractivity contribution in [2.45, 2.75) is 30.0 Å². The highest BCUT2D eigenvalue weighted by molar-refractivity contribution is 7.89. The summed E-state index contributed by atoms with van der Waals surface area (Å²) in [5.41, 5.74) is -1.31. The van der Waals surface area contributed by atoms with Gasteiger partial charge in [0.2, 0.25) is 10.0 Å². The summed E-state index contributed by atoms with van der Waals surface area (Å²) in [6.45, 7) is 0.206. The van der Waals surface area contributed by atoms with E-state index in [0.717, 1.165) is 30.3 Å². The number of nitrogens with one attached hydrogen (secondary N) is 1. The SMILES string of the molecule is O=C(c1ccc(F)c(F)c1)N1CCC(NS(=O)(=O)c2ccccc2C(F)(F)F)CC1. The molecule has 1 aliphatic rings. The Balaban J connectivity index is 1.67. The minimum atomic E-state index is -4.83. The summed E-state index contributed by atoms with van der Waals surface area (Å²) < 4.78 is 93.0. The van der Waals surface area contributed by atoms with Gasteiger partial charge in [-0.1, -0.05) is 12.1 Å². The number of alkyl halides is 3. The lowest BCUT2D eigenvalue weighted by molar-refractivity contribution is -0.139. The molecule has 0 unspecified atom stereocenters. The van der Waals surface area contributed by atoms with Crippen LogP contribution in [0.4, 0.5) is 22.0 Å². The molecule has 11 heteroatoms. The molecule has 2 aromatic rings. The van der Waals surface area contributed by atoms with E-state index >= 15 is 0 Å². The highest BCUT2D eigenvalue weighted by atomic mass is 32.2. The van der Waals surface area contributed by atoms with Crippen LogP contribution >= 0.6 is 0 Å². The van der Waals surface area contributed by atoms with Gasteiger partial charge in [-0.15, -0.1) is 0 Å². The molecule has 2 aromatic carbocycles. The van der Waals surface area contributed by atoms with E-state index in [1.54, 1.807) is 0 Å². The van der Waals surface area contributed by atoms with Crippen molar-refractivity contribution in [3.8, 4) is 0 Å². The quantitative estimate of drug-likeness (QED) is 0.728. The molecule has 1 aliphatic heterocycles. The normalized spacial score (nSPS) is 16.0. The lowest BCUT2D eigenvalue weighted by atomic mass is 10.0. The molecule has 3 rings (SSSR count). The van der Waals surface area contributed by atoms with Crippen LogP contribution in [0.25, 0.3) is 0 Å². The lowest BCUT2D eigenvalue weighted by Gasteiger charge is -2.32. The number of sulfonamides is 1. The van der Waals surface area contributed by atoms with E-state index in [-0.39, 0.29) is 31.5 Å².